The molecule has 176 valence electrons. The van der Waals surface area contributed by atoms with E-state index in [4.69, 9.17) is 14.2 Å². The van der Waals surface area contributed by atoms with Gasteiger partial charge in [0.2, 0.25) is 10.0 Å². The Hall–Kier alpha value is -3.55. The number of nitro groups is 1. The number of rotatable bonds is 9. The first kappa shape index (κ1) is 24.1. The van der Waals surface area contributed by atoms with Gasteiger partial charge in [-0.2, -0.15) is 4.31 Å². The number of anilines is 1. The first-order chi connectivity index (χ1) is 15.8. The van der Waals surface area contributed by atoms with Crippen LogP contribution in [-0.4, -0.2) is 69.0 Å². The second kappa shape index (κ2) is 10.8. The van der Waals surface area contributed by atoms with E-state index in [-0.39, 0.29) is 29.4 Å². The molecule has 0 atom stereocenters. The Bertz CT molecular complexity index is 1110. The number of carbonyl (C=O) groups excluding carboxylic acids is 2. The van der Waals surface area contributed by atoms with E-state index in [1.54, 1.807) is 0 Å². The highest BCUT2D eigenvalue weighted by Gasteiger charge is 2.26. The summed E-state index contributed by atoms with van der Waals surface area (Å²) in [6, 6.07) is 11.1. The maximum Gasteiger partial charge on any atom is 0.344 e. The number of carbonyl (C=O) groups is 2. The maximum absolute atomic E-state index is 12.6. The summed E-state index contributed by atoms with van der Waals surface area (Å²) >= 11 is 0. The summed E-state index contributed by atoms with van der Waals surface area (Å²) in [4.78, 5) is 34.2. The molecule has 0 spiro atoms. The average molecular weight is 479 g/mol. The van der Waals surface area contributed by atoms with Crippen LogP contribution in [0.2, 0.25) is 0 Å². The highest BCUT2D eigenvalue weighted by atomic mass is 32.2. The van der Waals surface area contributed by atoms with Gasteiger partial charge in [-0.3, -0.25) is 14.9 Å². The predicted octanol–water partition coefficient (Wildman–Crippen LogP) is 1.18. The van der Waals surface area contributed by atoms with Gasteiger partial charge >= 0.3 is 11.7 Å². The molecular weight excluding hydrogens is 458 g/mol. The van der Waals surface area contributed by atoms with Gasteiger partial charge in [-0.15, -0.1) is 0 Å². The van der Waals surface area contributed by atoms with Crippen LogP contribution < -0.4 is 10.1 Å². The molecule has 0 bridgehead atoms. The zero-order valence-electron chi connectivity index (χ0n) is 17.3. The topological polar surface area (TPSA) is 154 Å². The molecule has 2 aromatic rings. The molecule has 0 aromatic heterocycles. The second-order valence-electron chi connectivity index (χ2n) is 6.76. The molecule has 33 heavy (non-hydrogen) atoms. The number of hydrogen-bond acceptors (Lipinski definition) is 9. The van der Waals surface area contributed by atoms with Crippen LogP contribution >= 0.6 is 0 Å². The summed E-state index contributed by atoms with van der Waals surface area (Å²) in [5.74, 6) is -1.65. The highest BCUT2D eigenvalue weighted by molar-refractivity contribution is 7.89. The Kier molecular flexibility index (Phi) is 7.92. The van der Waals surface area contributed by atoms with Gasteiger partial charge in [0, 0.05) is 24.8 Å². The van der Waals surface area contributed by atoms with E-state index in [1.807, 2.05) is 0 Å². The highest BCUT2D eigenvalue weighted by Crippen LogP contribution is 2.25. The molecular formula is C20H21N3O9S. The van der Waals surface area contributed by atoms with Gasteiger partial charge < -0.3 is 19.5 Å². The maximum atomic E-state index is 12.6. The second-order valence-corrected chi connectivity index (χ2v) is 8.70. The number of benzene rings is 2. The third-order valence-corrected chi connectivity index (χ3v) is 6.43. The van der Waals surface area contributed by atoms with Crippen molar-refractivity contribution in [2.45, 2.75) is 4.90 Å². The van der Waals surface area contributed by atoms with Crippen LogP contribution in [0.3, 0.4) is 0 Å². The third-order valence-electron chi connectivity index (χ3n) is 4.52. The minimum atomic E-state index is -3.65. The number of hydrogen-bond donors (Lipinski definition) is 1. The van der Waals surface area contributed by atoms with E-state index in [1.165, 1.54) is 52.8 Å². The Labute approximate surface area is 189 Å². The smallest absolute Gasteiger partial charge is 0.344 e. The summed E-state index contributed by atoms with van der Waals surface area (Å²) in [5, 5.41) is 13.4. The van der Waals surface area contributed by atoms with Crippen molar-refractivity contribution in [2.24, 2.45) is 0 Å². The quantitative estimate of drug-likeness (QED) is 0.317. The minimum Gasteiger partial charge on any atom is -0.475 e. The molecule has 0 aliphatic carbocycles. The minimum absolute atomic E-state index is 0.0842. The van der Waals surface area contributed by atoms with Gasteiger partial charge in [0.15, 0.2) is 19.0 Å². The molecule has 1 saturated heterocycles. The van der Waals surface area contributed by atoms with Crippen molar-refractivity contribution in [2.75, 3.05) is 44.8 Å². The molecule has 2 aromatic carbocycles. The van der Waals surface area contributed by atoms with Crippen LogP contribution in [0.4, 0.5) is 11.4 Å². The molecule has 0 radical (unpaired) electrons. The molecule has 1 aliphatic rings. The third kappa shape index (κ3) is 6.47. The van der Waals surface area contributed by atoms with Gasteiger partial charge in [0.05, 0.1) is 23.0 Å². The van der Waals surface area contributed by atoms with Gasteiger partial charge in [0.1, 0.15) is 0 Å². The summed E-state index contributed by atoms with van der Waals surface area (Å²) < 4.78 is 41.6. The fraction of sp³-hybridized carbons (Fsp3) is 0.300. The number of sulfonamides is 1. The summed E-state index contributed by atoms with van der Waals surface area (Å²) in [5.41, 5.74) is 0.00950. The van der Waals surface area contributed by atoms with Gasteiger partial charge in [-0.1, -0.05) is 12.1 Å². The lowest BCUT2D eigenvalue weighted by Crippen LogP contribution is -2.40. The molecule has 12 nitrogen and oxygen atoms in total. The van der Waals surface area contributed by atoms with Gasteiger partial charge in [0.25, 0.3) is 5.91 Å². The van der Waals surface area contributed by atoms with Crippen molar-refractivity contribution in [3.63, 3.8) is 0 Å². The van der Waals surface area contributed by atoms with Crippen molar-refractivity contribution in [3.05, 3.63) is 58.6 Å². The Morgan fingerprint density at radius 3 is 2.39 bits per heavy atom. The normalized spacial score (nSPS) is 14.3. The van der Waals surface area contributed by atoms with Crippen LogP contribution in [0.25, 0.3) is 0 Å². The SMILES string of the molecule is O=C(COC(=O)COc1ccccc1[N+](=O)[O-])Nc1ccc(S(=O)(=O)N2CCOCC2)cc1. The van der Waals surface area contributed by atoms with Crippen LogP contribution in [0, 0.1) is 10.1 Å². The lowest BCUT2D eigenvalue weighted by atomic mass is 10.3. The average Bonchev–Trinajstić information content (AvgIpc) is 2.82. The number of esters is 1. The summed E-state index contributed by atoms with van der Waals surface area (Å²) in [6.07, 6.45) is 0. The van der Waals surface area contributed by atoms with Crippen LogP contribution in [0.1, 0.15) is 0 Å². The zero-order valence-corrected chi connectivity index (χ0v) is 18.2. The number of nitro benzene ring substituents is 1. The van der Waals surface area contributed by atoms with Crippen LogP contribution in [0.15, 0.2) is 53.4 Å². The molecule has 3 rings (SSSR count). The van der Waals surface area contributed by atoms with E-state index in [0.717, 1.165) is 0 Å². The van der Waals surface area contributed by atoms with E-state index in [0.29, 0.717) is 18.9 Å². The van der Waals surface area contributed by atoms with Crippen molar-refractivity contribution < 1.29 is 37.1 Å². The monoisotopic (exact) mass is 479 g/mol. The Morgan fingerprint density at radius 1 is 1.06 bits per heavy atom. The largest absolute Gasteiger partial charge is 0.475 e. The lowest BCUT2D eigenvalue weighted by molar-refractivity contribution is -0.385. The van der Waals surface area contributed by atoms with Crippen molar-refractivity contribution >= 4 is 33.3 Å². The Balaban J connectivity index is 1.47. The molecule has 1 heterocycles. The van der Waals surface area contributed by atoms with Crippen LogP contribution in [0.5, 0.6) is 5.75 Å². The number of nitrogens with one attached hydrogen (secondary N) is 1. The molecule has 1 aliphatic heterocycles. The number of nitrogens with zero attached hydrogens (tertiary/aromatic N) is 2. The Morgan fingerprint density at radius 2 is 1.73 bits per heavy atom. The number of para-hydroxylation sites is 2. The molecule has 0 saturated carbocycles. The lowest BCUT2D eigenvalue weighted by Gasteiger charge is -2.26. The molecule has 1 N–H and O–H groups in total. The number of ether oxygens (including phenoxy) is 3. The van der Waals surface area contributed by atoms with Crippen molar-refractivity contribution in [1.29, 1.82) is 0 Å². The van der Waals surface area contributed by atoms with Crippen LogP contribution in [-0.2, 0) is 29.1 Å². The summed E-state index contributed by atoms with van der Waals surface area (Å²) in [6.45, 7) is -0.0288. The molecule has 13 heteroatoms. The zero-order chi connectivity index (χ0) is 23.8. The van der Waals surface area contributed by atoms with Gasteiger partial charge in [-0.05, 0) is 30.3 Å². The summed E-state index contributed by atoms with van der Waals surface area (Å²) in [7, 11) is -3.65. The first-order valence-corrected chi connectivity index (χ1v) is 11.2. The number of amides is 1. The van der Waals surface area contributed by atoms with Gasteiger partial charge in [-0.25, -0.2) is 13.2 Å². The fourth-order valence-electron chi connectivity index (χ4n) is 2.90. The molecule has 1 fully saturated rings. The van der Waals surface area contributed by atoms with Crippen molar-refractivity contribution in [1.82, 2.24) is 4.31 Å². The van der Waals surface area contributed by atoms with E-state index in [2.05, 4.69) is 5.32 Å². The van der Waals surface area contributed by atoms with E-state index >= 15 is 0 Å². The van der Waals surface area contributed by atoms with E-state index in [9.17, 15) is 28.1 Å². The van der Waals surface area contributed by atoms with Crippen molar-refractivity contribution in [3.8, 4) is 5.75 Å². The first-order valence-electron chi connectivity index (χ1n) is 9.77. The van der Waals surface area contributed by atoms with E-state index < -0.39 is 40.0 Å². The standard InChI is InChI=1S/C20H21N3O9S/c24-19(13-32-20(25)14-31-18-4-2-1-3-17(18)23(26)27)21-15-5-7-16(8-6-15)33(28,29)22-9-11-30-12-10-22/h1-8H,9-14H2,(H,21,24). The number of morpholine rings is 1. The predicted molar refractivity (Wildman–Crippen MR) is 114 cm³/mol. The molecule has 0 unspecified atom stereocenters. The molecule has 1 amide bonds. The fourth-order valence-corrected chi connectivity index (χ4v) is 4.31.